The number of carbonyl (C=O) groups is 1. The minimum Gasteiger partial charge on any atom is -0.497 e. The summed E-state index contributed by atoms with van der Waals surface area (Å²) in [5.41, 5.74) is 4.54. The molecule has 0 atom stereocenters. The number of rotatable bonds is 8. The predicted octanol–water partition coefficient (Wildman–Crippen LogP) is 4.50. The van der Waals surface area contributed by atoms with Gasteiger partial charge in [0.2, 0.25) is 5.91 Å². The Kier molecular flexibility index (Phi) is 6.58. The van der Waals surface area contributed by atoms with E-state index in [-0.39, 0.29) is 18.1 Å². The third kappa shape index (κ3) is 5.14. The van der Waals surface area contributed by atoms with Crippen molar-refractivity contribution in [3.05, 3.63) is 83.4 Å². The van der Waals surface area contributed by atoms with Crippen LogP contribution in [0.4, 0.5) is 4.39 Å². The Morgan fingerprint density at radius 1 is 1.06 bits per heavy atom. The van der Waals surface area contributed by atoms with Crippen molar-refractivity contribution in [2.45, 2.75) is 20.3 Å². The van der Waals surface area contributed by atoms with Crippen LogP contribution in [-0.2, 0) is 11.2 Å². The van der Waals surface area contributed by atoms with Crippen molar-refractivity contribution in [1.29, 1.82) is 0 Å². The number of hydrogen-bond acceptors (Lipinski definition) is 4. The zero-order valence-corrected chi connectivity index (χ0v) is 18.9. The van der Waals surface area contributed by atoms with E-state index in [1.54, 1.807) is 26.2 Å². The molecule has 0 spiro atoms. The van der Waals surface area contributed by atoms with Crippen LogP contribution in [0.2, 0.25) is 0 Å². The van der Waals surface area contributed by atoms with Crippen molar-refractivity contribution in [2.24, 2.45) is 0 Å². The van der Waals surface area contributed by atoms with Gasteiger partial charge in [-0.1, -0.05) is 6.07 Å². The average molecular weight is 448 g/mol. The van der Waals surface area contributed by atoms with Gasteiger partial charge in [-0.05, 0) is 73.5 Å². The molecule has 2 aromatic carbocycles. The number of fused-ring (bicyclic) bond motifs is 1. The molecule has 7 heteroatoms. The quantitative estimate of drug-likeness (QED) is 0.404. The Morgan fingerprint density at radius 3 is 2.55 bits per heavy atom. The molecule has 0 aliphatic heterocycles. The van der Waals surface area contributed by atoms with Crippen LogP contribution in [-0.4, -0.2) is 35.6 Å². The third-order valence-corrected chi connectivity index (χ3v) is 5.38. The summed E-state index contributed by atoms with van der Waals surface area (Å²) in [6.07, 6.45) is 2.09. The summed E-state index contributed by atoms with van der Waals surface area (Å²) in [4.78, 5) is 17.5. The van der Waals surface area contributed by atoms with E-state index >= 15 is 0 Å². The molecule has 2 aromatic heterocycles. The van der Waals surface area contributed by atoms with Crippen LogP contribution in [0.15, 0.2) is 60.8 Å². The van der Waals surface area contributed by atoms with E-state index in [0.29, 0.717) is 30.2 Å². The molecule has 0 radical (unpaired) electrons. The van der Waals surface area contributed by atoms with Gasteiger partial charge in [0.1, 0.15) is 29.6 Å². The van der Waals surface area contributed by atoms with Gasteiger partial charge in [-0.3, -0.25) is 4.79 Å². The van der Waals surface area contributed by atoms with Gasteiger partial charge in [0.15, 0.2) is 0 Å². The summed E-state index contributed by atoms with van der Waals surface area (Å²) in [6, 6.07) is 16.0. The van der Waals surface area contributed by atoms with Crippen LogP contribution in [0.3, 0.4) is 0 Å². The molecule has 4 aromatic rings. The summed E-state index contributed by atoms with van der Waals surface area (Å²) < 4.78 is 26.5. The van der Waals surface area contributed by atoms with E-state index < -0.39 is 0 Å². The van der Waals surface area contributed by atoms with E-state index in [0.717, 1.165) is 28.2 Å². The number of pyridine rings is 1. The monoisotopic (exact) mass is 447 g/mol. The predicted molar refractivity (Wildman–Crippen MR) is 125 cm³/mol. The van der Waals surface area contributed by atoms with Crippen molar-refractivity contribution in [3.63, 3.8) is 0 Å². The lowest BCUT2D eigenvalue weighted by Crippen LogP contribution is -2.29. The van der Waals surface area contributed by atoms with Crippen LogP contribution in [0.1, 0.15) is 16.8 Å². The van der Waals surface area contributed by atoms with Gasteiger partial charge in [0, 0.05) is 11.8 Å². The largest absolute Gasteiger partial charge is 0.497 e. The first-order valence-electron chi connectivity index (χ1n) is 10.7. The Balaban J connectivity index is 1.47. The molecule has 0 saturated carbocycles. The highest BCUT2D eigenvalue weighted by atomic mass is 19.1. The first kappa shape index (κ1) is 22.3. The molecule has 0 saturated heterocycles. The van der Waals surface area contributed by atoms with Gasteiger partial charge in [-0.25, -0.2) is 9.37 Å². The molecule has 0 unspecified atom stereocenters. The third-order valence-electron chi connectivity index (χ3n) is 5.38. The summed E-state index contributed by atoms with van der Waals surface area (Å²) in [7, 11) is 1.61. The lowest BCUT2D eigenvalue weighted by atomic mass is 10.1. The van der Waals surface area contributed by atoms with Crippen molar-refractivity contribution in [3.8, 4) is 22.8 Å². The van der Waals surface area contributed by atoms with Gasteiger partial charge >= 0.3 is 0 Å². The number of nitrogens with one attached hydrogen (secondary N) is 1. The number of methoxy groups -OCH3 is 1. The smallest absolute Gasteiger partial charge is 0.226 e. The molecular weight excluding hydrogens is 421 g/mol. The van der Waals surface area contributed by atoms with Crippen molar-refractivity contribution >= 4 is 11.6 Å². The summed E-state index contributed by atoms with van der Waals surface area (Å²) in [6.45, 7) is 4.41. The van der Waals surface area contributed by atoms with Crippen LogP contribution in [0, 0.1) is 19.7 Å². The van der Waals surface area contributed by atoms with Crippen molar-refractivity contribution in [2.75, 3.05) is 20.3 Å². The van der Waals surface area contributed by atoms with Crippen LogP contribution in [0.25, 0.3) is 16.9 Å². The Labute approximate surface area is 192 Å². The number of amides is 1. The van der Waals surface area contributed by atoms with E-state index in [9.17, 15) is 9.18 Å². The van der Waals surface area contributed by atoms with Crippen LogP contribution < -0.4 is 14.8 Å². The number of benzene rings is 2. The summed E-state index contributed by atoms with van der Waals surface area (Å²) in [5.74, 6) is 1.05. The number of imidazole rings is 1. The second-order valence-electron chi connectivity index (χ2n) is 7.86. The molecule has 170 valence electrons. The lowest BCUT2D eigenvalue weighted by molar-refractivity contribution is -0.120. The van der Waals surface area contributed by atoms with Crippen molar-refractivity contribution in [1.82, 2.24) is 14.7 Å². The molecule has 0 aliphatic rings. The number of nitrogens with zero attached hydrogens (tertiary/aromatic N) is 2. The Bertz CT molecular complexity index is 1280. The van der Waals surface area contributed by atoms with E-state index in [2.05, 4.69) is 5.32 Å². The highest BCUT2D eigenvalue weighted by Gasteiger charge is 2.18. The normalized spacial score (nSPS) is 10.9. The maximum Gasteiger partial charge on any atom is 0.226 e. The molecule has 0 fully saturated rings. The number of hydrogen-bond donors (Lipinski definition) is 1. The Morgan fingerprint density at radius 2 is 1.82 bits per heavy atom. The van der Waals surface area contributed by atoms with Crippen molar-refractivity contribution < 1.29 is 18.7 Å². The van der Waals surface area contributed by atoms with Gasteiger partial charge in [-0.2, -0.15) is 0 Å². The fourth-order valence-electron chi connectivity index (χ4n) is 3.64. The van der Waals surface area contributed by atoms with Gasteiger partial charge in [0.05, 0.1) is 31.5 Å². The highest BCUT2D eigenvalue weighted by molar-refractivity contribution is 5.81. The second-order valence-corrected chi connectivity index (χ2v) is 7.86. The average Bonchev–Trinajstić information content (AvgIpc) is 3.16. The minimum absolute atomic E-state index is 0.138. The lowest BCUT2D eigenvalue weighted by Gasteiger charge is -2.10. The van der Waals surface area contributed by atoms with Gasteiger partial charge in [-0.15, -0.1) is 0 Å². The molecule has 6 nitrogen and oxygen atoms in total. The standard InChI is InChI=1S/C26H26FN3O3/c1-17-4-11-24-29-26(19-5-10-22(27)18(2)14-19)23(30(24)16-17)15-25(31)28-12-13-33-21-8-6-20(32-3)7-9-21/h4-11,14,16H,12-13,15H2,1-3H3,(H,28,31). The molecule has 0 bridgehead atoms. The summed E-state index contributed by atoms with van der Waals surface area (Å²) >= 11 is 0. The Hall–Kier alpha value is -3.87. The highest BCUT2D eigenvalue weighted by Crippen LogP contribution is 2.27. The number of aromatic nitrogens is 2. The molecule has 1 amide bonds. The maximum atomic E-state index is 13.8. The fraction of sp³-hybridized carbons (Fsp3) is 0.231. The maximum absolute atomic E-state index is 13.8. The number of carbonyl (C=O) groups excluding carboxylic acids is 1. The van der Waals surface area contributed by atoms with E-state index in [4.69, 9.17) is 14.5 Å². The van der Waals surface area contributed by atoms with Crippen LogP contribution >= 0.6 is 0 Å². The molecule has 1 N–H and O–H groups in total. The number of halogens is 1. The minimum atomic E-state index is -0.269. The number of aryl methyl sites for hydroxylation is 2. The molecule has 33 heavy (non-hydrogen) atoms. The van der Waals surface area contributed by atoms with Gasteiger partial charge < -0.3 is 19.2 Å². The second kappa shape index (κ2) is 9.73. The zero-order chi connectivity index (χ0) is 23.4. The molecule has 0 aliphatic carbocycles. The SMILES string of the molecule is COc1ccc(OCCNC(=O)Cc2c(-c3ccc(F)c(C)c3)nc3ccc(C)cn23)cc1. The van der Waals surface area contributed by atoms with E-state index in [1.807, 2.05) is 53.9 Å². The molecular formula is C26H26FN3O3. The van der Waals surface area contributed by atoms with Crippen LogP contribution in [0.5, 0.6) is 11.5 Å². The molecule has 4 rings (SSSR count). The fourth-order valence-corrected chi connectivity index (χ4v) is 3.64. The first-order valence-corrected chi connectivity index (χ1v) is 10.7. The summed E-state index contributed by atoms with van der Waals surface area (Å²) in [5, 5.41) is 2.90. The zero-order valence-electron chi connectivity index (χ0n) is 18.9. The first-order chi connectivity index (χ1) is 15.9. The molecule has 2 heterocycles. The van der Waals surface area contributed by atoms with Gasteiger partial charge in [0.25, 0.3) is 0 Å². The number of ether oxygens (including phenoxy) is 2. The topological polar surface area (TPSA) is 64.9 Å². The van der Waals surface area contributed by atoms with E-state index in [1.165, 1.54) is 6.07 Å².